The lowest BCUT2D eigenvalue weighted by molar-refractivity contribution is 0.0687. The first-order valence-electron chi connectivity index (χ1n) is 4.53. The van der Waals surface area contributed by atoms with Crippen molar-refractivity contribution >= 4 is 15.8 Å². The second-order valence-corrected chi connectivity index (χ2v) is 5.37. The quantitative estimate of drug-likeness (QED) is 0.877. The Bertz CT molecular complexity index is 534. The first-order chi connectivity index (χ1) is 7.27. The molecule has 1 aromatic rings. The number of benzene rings is 1. The molecule has 0 radical (unpaired) electrons. The minimum absolute atomic E-state index is 0.430. The second kappa shape index (κ2) is 4.21. The van der Waals surface area contributed by atoms with Crippen LogP contribution in [0.5, 0.6) is 0 Å². The maximum atomic E-state index is 13.4. The second-order valence-electron chi connectivity index (χ2n) is 3.38. The third kappa shape index (κ3) is 2.38. The lowest BCUT2D eigenvalue weighted by Crippen LogP contribution is -2.11. The topological polar surface area (TPSA) is 71.4 Å². The Morgan fingerprint density at radius 3 is 2.38 bits per heavy atom. The van der Waals surface area contributed by atoms with Crippen LogP contribution in [0.4, 0.5) is 4.39 Å². The van der Waals surface area contributed by atoms with E-state index in [1.807, 2.05) is 0 Å². The Morgan fingerprint density at radius 2 is 2.00 bits per heavy atom. The molecule has 88 valence electrons. The summed E-state index contributed by atoms with van der Waals surface area (Å²) in [5, 5.41) is 8.77. The standard InChI is InChI=1S/C10H11FO4S/c1-3-6-4-7(11)9(10(12)13)8(5-6)16(2,14)15/h4-5H,3H2,1-2H3,(H,12,13). The fraction of sp³-hybridized carbons (Fsp3) is 0.300. The molecular weight excluding hydrogens is 235 g/mol. The molecule has 1 aromatic carbocycles. The number of carboxylic acids is 1. The molecule has 1 N–H and O–H groups in total. The highest BCUT2D eigenvalue weighted by Gasteiger charge is 2.23. The van der Waals surface area contributed by atoms with E-state index in [4.69, 9.17) is 5.11 Å². The van der Waals surface area contributed by atoms with E-state index >= 15 is 0 Å². The number of aromatic carboxylic acids is 1. The zero-order valence-corrected chi connectivity index (χ0v) is 9.64. The van der Waals surface area contributed by atoms with Gasteiger partial charge in [0.2, 0.25) is 0 Å². The van der Waals surface area contributed by atoms with E-state index in [9.17, 15) is 17.6 Å². The average molecular weight is 246 g/mol. The molecular formula is C10H11FO4S. The summed E-state index contributed by atoms with van der Waals surface area (Å²) in [6, 6.07) is 2.24. The highest BCUT2D eigenvalue weighted by atomic mass is 32.2. The molecule has 16 heavy (non-hydrogen) atoms. The van der Waals surface area contributed by atoms with Gasteiger partial charge in [0.25, 0.3) is 0 Å². The van der Waals surface area contributed by atoms with Gasteiger partial charge in [0.15, 0.2) is 9.84 Å². The SMILES string of the molecule is CCc1cc(F)c(C(=O)O)c(S(C)(=O)=O)c1. The summed E-state index contributed by atoms with van der Waals surface area (Å²) in [6.45, 7) is 1.72. The van der Waals surface area contributed by atoms with Gasteiger partial charge in [0.05, 0.1) is 4.90 Å². The van der Waals surface area contributed by atoms with Crippen LogP contribution in [-0.4, -0.2) is 25.7 Å². The Balaban J connectivity index is 3.67. The largest absolute Gasteiger partial charge is 0.478 e. The van der Waals surface area contributed by atoms with Crippen LogP contribution in [0.1, 0.15) is 22.8 Å². The van der Waals surface area contributed by atoms with Crippen LogP contribution in [0.2, 0.25) is 0 Å². The van der Waals surface area contributed by atoms with E-state index in [2.05, 4.69) is 0 Å². The van der Waals surface area contributed by atoms with Crippen molar-refractivity contribution in [3.63, 3.8) is 0 Å². The lowest BCUT2D eigenvalue weighted by atomic mass is 10.1. The Kier molecular flexibility index (Phi) is 3.32. The molecule has 0 aliphatic rings. The summed E-state index contributed by atoms with van der Waals surface area (Å²) in [6.07, 6.45) is 1.28. The van der Waals surface area contributed by atoms with Crippen molar-refractivity contribution in [1.29, 1.82) is 0 Å². The van der Waals surface area contributed by atoms with Crippen molar-refractivity contribution in [2.75, 3.05) is 6.26 Å². The van der Waals surface area contributed by atoms with Crippen LogP contribution in [0.25, 0.3) is 0 Å². The Hall–Kier alpha value is -1.43. The molecule has 4 nitrogen and oxygen atoms in total. The third-order valence-electron chi connectivity index (χ3n) is 2.14. The van der Waals surface area contributed by atoms with Gasteiger partial charge < -0.3 is 5.11 Å². The maximum absolute atomic E-state index is 13.4. The van der Waals surface area contributed by atoms with E-state index in [1.54, 1.807) is 6.92 Å². The van der Waals surface area contributed by atoms with E-state index in [0.29, 0.717) is 12.0 Å². The smallest absolute Gasteiger partial charge is 0.340 e. The summed E-state index contributed by atoms with van der Waals surface area (Å²) in [4.78, 5) is 10.3. The number of rotatable bonds is 3. The molecule has 0 heterocycles. The minimum atomic E-state index is -3.75. The molecule has 0 aromatic heterocycles. The van der Waals surface area contributed by atoms with Gasteiger partial charge in [-0.3, -0.25) is 0 Å². The summed E-state index contributed by atoms with van der Waals surface area (Å²) in [5.74, 6) is -2.60. The van der Waals surface area contributed by atoms with Crippen molar-refractivity contribution < 1.29 is 22.7 Å². The van der Waals surface area contributed by atoms with E-state index in [1.165, 1.54) is 6.07 Å². The number of carboxylic acid groups (broad SMARTS) is 1. The van der Waals surface area contributed by atoms with Crippen LogP contribution < -0.4 is 0 Å². The number of hydrogen-bond donors (Lipinski definition) is 1. The van der Waals surface area contributed by atoms with E-state index in [0.717, 1.165) is 12.3 Å². The number of carbonyl (C=O) groups is 1. The van der Waals surface area contributed by atoms with E-state index < -0.39 is 32.1 Å². The monoisotopic (exact) mass is 246 g/mol. The van der Waals surface area contributed by atoms with Gasteiger partial charge in [-0.2, -0.15) is 0 Å². The first-order valence-corrected chi connectivity index (χ1v) is 6.42. The molecule has 0 aliphatic heterocycles. The van der Waals surface area contributed by atoms with Crippen molar-refractivity contribution in [3.8, 4) is 0 Å². The van der Waals surface area contributed by atoms with Gasteiger partial charge in [-0.05, 0) is 24.1 Å². The highest BCUT2D eigenvalue weighted by molar-refractivity contribution is 7.90. The zero-order valence-electron chi connectivity index (χ0n) is 8.82. The van der Waals surface area contributed by atoms with Crippen LogP contribution in [0.3, 0.4) is 0 Å². The molecule has 0 bridgehead atoms. The van der Waals surface area contributed by atoms with Crippen LogP contribution in [-0.2, 0) is 16.3 Å². The highest BCUT2D eigenvalue weighted by Crippen LogP contribution is 2.21. The van der Waals surface area contributed by atoms with Gasteiger partial charge in [0, 0.05) is 6.26 Å². The molecule has 0 spiro atoms. The summed E-state index contributed by atoms with van der Waals surface area (Å²) >= 11 is 0. The fourth-order valence-electron chi connectivity index (χ4n) is 1.34. The fourth-order valence-corrected chi connectivity index (χ4v) is 2.26. The van der Waals surface area contributed by atoms with Crippen molar-refractivity contribution in [2.24, 2.45) is 0 Å². The summed E-state index contributed by atoms with van der Waals surface area (Å²) in [5.41, 5.74) is -0.345. The summed E-state index contributed by atoms with van der Waals surface area (Å²) < 4.78 is 36.1. The van der Waals surface area contributed by atoms with Crippen molar-refractivity contribution in [1.82, 2.24) is 0 Å². The zero-order chi connectivity index (χ0) is 12.5. The first kappa shape index (κ1) is 12.6. The van der Waals surface area contributed by atoms with Gasteiger partial charge in [-0.1, -0.05) is 6.92 Å². The van der Waals surface area contributed by atoms with Gasteiger partial charge in [-0.15, -0.1) is 0 Å². The molecule has 0 saturated heterocycles. The molecule has 0 fully saturated rings. The number of halogens is 1. The average Bonchev–Trinajstić information content (AvgIpc) is 2.14. The van der Waals surface area contributed by atoms with Gasteiger partial charge in [-0.25, -0.2) is 17.6 Å². The predicted octanol–water partition coefficient (Wildman–Crippen LogP) is 1.49. The number of aryl methyl sites for hydroxylation is 1. The molecule has 6 heteroatoms. The molecule has 0 amide bonds. The van der Waals surface area contributed by atoms with Crippen LogP contribution in [0.15, 0.2) is 17.0 Å². The Labute approximate surface area is 92.6 Å². The lowest BCUT2D eigenvalue weighted by Gasteiger charge is -2.07. The number of hydrogen-bond acceptors (Lipinski definition) is 3. The predicted molar refractivity (Wildman–Crippen MR) is 55.8 cm³/mol. The van der Waals surface area contributed by atoms with Crippen LogP contribution >= 0.6 is 0 Å². The van der Waals surface area contributed by atoms with Crippen LogP contribution in [0, 0.1) is 5.82 Å². The molecule has 1 rings (SSSR count). The van der Waals surface area contributed by atoms with Gasteiger partial charge in [0.1, 0.15) is 11.4 Å². The van der Waals surface area contributed by atoms with E-state index in [-0.39, 0.29) is 0 Å². The molecule has 0 saturated carbocycles. The minimum Gasteiger partial charge on any atom is -0.478 e. The normalized spacial score (nSPS) is 11.4. The Morgan fingerprint density at radius 1 is 1.44 bits per heavy atom. The van der Waals surface area contributed by atoms with Crippen molar-refractivity contribution in [2.45, 2.75) is 18.2 Å². The molecule has 0 atom stereocenters. The van der Waals surface area contributed by atoms with Crippen molar-refractivity contribution in [3.05, 3.63) is 29.1 Å². The number of sulfone groups is 1. The molecule has 0 unspecified atom stereocenters. The maximum Gasteiger partial charge on any atom is 0.340 e. The third-order valence-corrected chi connectivity index (χ3v) is 3.26. The van der Waals surface area contributed by atoms with Gasteiger partial charge >= 0.3 is 5.97 Å². The summed E-state index contributed by atoms with van der Waals surface area (Å²) in [7, 11) is -3.75. The molecule has 0 aliphatic carbocycles.